The molecule has 162 valence electrons. The number of hydrogen-bond acceptors (Lipinski definition) is 5. The maximum Gasteiger partial charge on any atom is 0.231 e. The van der Waals surface area contributed by atoms with Gasteiger partial charge in [0.05, 0.1) is 11.6 Å². The molecule has 0 saturated carbocycles. The van der Waals surface area contributed by atoms with Gasteiger partial charge in [0.2, 0.25) is 18.6 Å². The lowest BCUT2D eigenvalue weighted by atomic mass is 10.1. The Morgan fingerprint density at radius 1 is 1.03 bits per heavy atom. The van der Waals surface area contributed by atoms with Crippen LogP contribution in [0, 0.1) is 11.7 Å². The van der Waals surface area contributed by atoms with E-state index < -0.39 is 11.7 Å². The molecule has 0 spiro atoms. The molecular weight excluding hydrogens is 401 g/mol. The Balaban J connectivity index is 1.16. The predicted molar refractivity (Wildman–Crippen MR) is 111 cm³/mol. The number of benzene rings is 2. The van der Waals surface area contributed by atoms with Crippen LogP contribution in [0.3, 0.4) is 0 Å². The van der Waals surface area contributed by atoms with Gasteiger partial charge >= 0.3 is 0 Å². The molecule has 0 bridgehead atoms. The van der Waals surface area contributed by atoms with Gasteiger partial charge in [-0.05, 0) is 29.8 Å². The molecule has 7 nitrogen and oxygen atoms in total. The number of nitrogens with zero attached hydrogens (tertiary/aromatic N) is 3. The molecular formula is C23H24FN3O4. The fourth-order valence-corrected chi connectivity index (χ4v) is 4.46. The summed E-state index contributed by atoms with van der Waals surface area (Å²) in [5.74, 6) is 0.458. The second kappa shape index (κ2) is 8.19. The minimum atomic E-state index is -0.443. The standard InChI is InChI=1S/C23H24FN3O4/c24-18-3-1-2-4-19(18)27-14-17(12-22(27)28)23(29)26-9-7-25(8-10-26)13-16-5-6-20-21(11-16)31-15-30-20/h1-6,11,17H,7-10,12-15H2/t17-/m1/s1. The third-order valence-electron chi connectivity index (χ3n) is 6.14. The maximum atomic E-state index is 14.1. The van der Waals surface area contributed by atoms with Crippen molar-refractivity contribution in [1.29, 1.82) is 0 Å². The average molecular weight is 425 g/mol. The summed E-state index contributed by atoms with van der Waals surface area (Å²) < 4.78 is 24.9. The van der Waals surface area contributed by atoms with E-state index in [0.717, 1.165) is 36.7 Å². The van der Waals surface area contributed by atoms with Crippen molar-refractivity contribution in [3.05, 3.63) is 53.8 Å². The van der Waals surface area contributed by atoms with Crippen molar-refractivity contribution in [2.75, 3.05) is 44.4 Å². The molecule has 0 N–H and O–H groups in total. The number of carbonyl (C=O) groups is 2. The second-order valence-electron chi connectivity index (χ2n) is 8.15. The maximum absolute atomic E-state index is 14.1. The van der Waals surface area contributed by atoms with Gasteiger partial charge in [0, 0.05) is 45.7 Å². The summed E-state index contributed by atoms with van der Waals surface area (Å²) in [5.41, 5.74) is 1.39. The lowest BCUT2D eigenvalue weighted by molar-refractivity contribution is -0.137. The molecule has 0 unspecified atom stereocenters. The van der Waals surface area contributed by atoms with Crippen LogP contribution in [0.1, 0.15) is 12.0 Å². The molecule has 8 heteroatoms. The Morgan fingerprint density at radius 3 is 2.61 bits per heavy atom. The lowest BCUT2D eigenvalue weighted by Gasteiger charge is -2.36. The zero-order valence-corrected chi connectivity index (χ0v) is 17.1. The SMILES string of the molecule is O=C([C@@H]1CC(=O)N(c2ccccc2F)C1)N1CCN(Cc2ccc3c(c2)OCO3)CC1. The summed E-state index contributed by atoms with van der Waals surface area (Å²) in [5, 5.41) is 0. The minimum absolute atomic E-state index is 0.0186. The van der Waals surface area contributed by atoms with Gasteiger partial charge in [-0.2, -0.15) is 0 Å². The van der Waals surface area contributed by atoms with Gasteiger partial charge in [0.15, 0.2) is 11.5 Å². The van der Waals surface area contributed by atoms with Crippen LogP contribution in [0.25, 0.3) is 0 Å². The molecule has 2 aromatic carbocycles. The van der Waals surface area contributed by atoms with Crippen LogP contribution >= 0.6 is 0 Å². The van der Waals surface area contributed by atoms with Gasteiger partial charge in [0.25, 0.3) is 0 Å². The third-order valence-corrected chi connectivity index (χ3v) is 6.14. The van der Waals surface area contributed by atoms with Crippen LogP contribution in [-0.4, -0.2) is 61.1 Å². The number of amides is 2. The summed E-state index contributed by atoms with van der Waals surface area (Å²) in [6.45, 7) is 4.03. The summed E-state index contributed by atoms with van der Waals surface area (Å²) in [6, 6.07) is 12.2. The minimum Gasteiger partial charge on any atom is -0.454 e. The van der Waals surface area contributed by atoms with E-state index in [1.807, 2.05) is 23.1 Å². The highest BCUT2D eigenvalue weighted by Gasteiger charge is 2.38. The molecule has 0 aromatic heterocycles. The molecule has 2 fully saturated rings. The molecule has 3 aliphatic rings. The van der Waals surface area contributed by atoms with E-state index in [4.69, 9.17) is 9.47 Å². The molecule has 2 saturated heterocycles. The van der Waals surface area contributed by atoms with Crippen LogP contribution in [0.4, 0.5) is 10.1 Å². The second-order valence-corrected chi connectivity index (χ2v) is 8.15. The number of anilines is 1. The van der Waals surface area contributed by atoms with Crippen molar-refractivity contribution in [1.82, 2.24) is 9.80 Å². The number of carbonyl (C=O) groups excluding carboxylic acids is 2. The molecule has 1 atom stereocenters. The number of para-hydroxylation sites is 1. The zero-order chi connectivity index (χ0) is 21.4. The largest absolute Gasteiger partial charge is 0.454 e. The molecule has 0 aliphatic carbocycles. The number of halogens is 1. The number of rotatable bonds is 4. The topological polar surface area (TPSA) is 62.3 Å². The molecule has 5 rings (SSSR count). The Labute approximate surface area is 179 Å². The number of hydrogen-bond donors (Lipinski definition) is 0. The van der Waals surface area contributed by atoms with E-state index >= 15 is 0 Å². The first-order valence-corrected chi connectivity index (χ1v) is 10.5. The first-order valence-electron chi connectivity index (χ1n) is 10.5. The monoisotopic (exact) mass is 425 g/mol. The van der Waals surface area contributed by atoms with Crippen molar-refractivity contribution in [3.8, 4) is 11.5 Å². The van der Waals surface area contributed by atoms with Crippen LogP contribution in [0.5, 0.6) is 11.5 Å². The average Bonchev–Trinajstić information content (AvgIpc) is 3.40. The first-order chi connectivity index (χ1) is 15.1. The first kappa shape index (κ1) is 19.8. The highest BCUT2D eigenvalue weighted by atomic mass is 19.1. The lowest BCUT2D eigenvalue weighted by Crippen LogP contribution is -2.50. The van der Waals surface area contributed by atoms with Crippen LogP contribution in [0.2, 0.25) is 0 Å². The summed E-state index contributed by atoms with van der Waals surface area (Å²) in [7, 11) is 0. The van der Waals surface area contributed by atoms with Crippen molar-refractivity contribution >= 4 is 17.5 Å². The smallest absolute Gasteiger partial charge is 0.231 e. The van der Waals surface area contributed by atoms with Crippen LogP contribution < -0.4 is 14.4 Å². The van der Waals surface area contributed by atoms with E-state index in [1.165, 1.54) is 11.0 Å². The summed E-state index contributed by atoms with van der Waals surface area (Å²) in [4.78, 5) is 31.0. The Kier molecular flexibility index (Phi) is 5.23. The summed E-state index contributed by atoms with van der Waals surface area (Å²) in [6.07, 6.45) is 0.130. The van der Waals surface area contributed by atoms with Crippen molar-refractivity contribution in [3.63, 3.8) is 0 Å². The number of fused-ring (bicyclic) bond motifs is 1. The molecule has 31 heavy (non-hydrogen) atoms. The van der Waals surface area contributed by atoms with Crippen LogP contribution in [0.15, 0.2) is 42.5 Å². The molecule has 2 aromatic rings. The third kappa shape index (κ3) is 3.95. The zero-order valence-electron chi connectivity index (χ0n) is 17.1. The fourth-order valence-electron chi connectivity index (χ4n) is 4.46. The van der Waals surface area contributed by atoms with Crippen molar-refractivity contribution in [2.45, 2.75) is 13.0 Å². The van der Waals surface area contributed by atoms with Gasteiger partial charge in [-0.3, -0.25) is 14.5 Å². The number of piperazine rings is 1. The number of ether oxygens (including phenoxy) is 2. The Morgan fingerprint density at radius 2 is 1.81 bits per heavy atom. The Hall–Kier alpha value is -3.13. The van der Waals surface area contributed by atoms with Gasteiger partial charge in [-0.25, -0.2) is 4.39 Å². The van der Waals surface area contributed by atoms with Gasteiger partial charge < -0.3 is 19.3 Å². The van der Waals surface area contributed by atoms with Gasteiger partial charge in [-0.15, -0.1) is 0 Å². The van der Waals surface area contributed by atoms with E-state index in [0.29, 0.717) is 13.1 Å². The van der Waals surface area contributed by atoms with Crippen molar-refractivity contribution < 1.29 is 23.5 Å². The molecule has 2 amide bonds. The van der Waals surface area contributed by atoms with E-state index in [9.17, 15) is 14.0 Å². The van der Waals surface area contributed by atoms with E-state index in [-0.39, 0.29) is 37.3 Å². The van der Waals surface area contributed by atoms with E-state index in [1.54, 1.807) is 18.2 Å². The molecule has 3 heterocycles. The highest BCUT2D eigenvalue weighted by molar-refractivity contribution is 6.00. The quantitative estimate of drug-likeness (QED) is 0.752. The Bertz CT molecular complexity index is 1010. The summed E-state index contributed by atoms with van der Waals surface area (Å²) >= 11 is 0. The van der Waals surface area contributed by atoms with Crippen LogP contribution in [-0.2, 0) is 16.1 Å². The van der Waals surface area contributed by atoms with Gasteiger partial charge in [0.1, 0.15) is 5.82 Å². The predicted octanol–water partition coefficient (Wildman–Crippen LogP) is 2.25. The molecule has 0 radical (unpaired) electrons. The highest BCUT2D eigenvalue weighted by Crippen LogP contribution is 2.33. The molecule has 3 aliphatic heterocycles. The normalized spacial score (nSPS) is 21.1. The van der Waals surface area contributed by atoms with Gasteiger partial charge in [-0.1, -0.05) is 18.2 Å². The van der Waals surface area contributed by atoms with E-state index in [2.05, 4.69) is 4.90 Å². The van der Waals surface area contributed by atoms with Crippen molar-refractivity contribution in [2.24, 2.45) is 5.92 Å². The fraction of sp³-hybridized carbons (Fsp3) is 0.391.